The van der Waals surface area contributed by atoms with E-state index < -0.39 is 0 Å². The molecule has 0 unspecified atom stereocenters. The number of β-amino-alcohol motifs (C(OH)–C–C–N with tert-alkyl or cyclic N) is 1. The Balaban J connectivity index is 1.32. The fraction of sp³-hybridized carbons (Fsp3) is 0.458. The highest BCUT2D eigenvalue weighted by Crippen LogP contribution is 2.27. The quantitative estimate of drug-likeness (QED) is 0.550. The van der Waals surface area contributed by atoms with E-state index in [0.717, 1.165) is 44.1 Å². The molecule has 2 saturated heterocycles. The van der Waals surface area contributed by atoms with E-state index in [-0.39, 0.29) is 18.6 Å². The fourth-order valence-electron chi connectivity index (χ4n) is 4.23. The van der Waals surface area contributed by atoms with Crippen LogP contribution in [0.15, 0.2) is 43.1 Å². The zero-order chi connectivity index (χ0) is 23.9. The third kappa shape index (κ3) is 6.16. The first-order valence-electron chi connectivity index (χ1n) is 11.6. The molecule has 34 heavy (non-hydrogen) atoms. The van der Waals surface area contributed by atoms with Crippen molar-refractivity contribution in [2.45, 2.75) is 18.9 Å². The predicted molar refractivity (Wildman–Crippen MR) is 133 cm³/mol. The lowest BCUT2D eigenvalue weighted by Crippen LogP contribution is -2.47. The fourth-order valence-corrected chi connectivity index (χ4v) is 4.37. The van der Waals surface area contributed by atoms with Crippen molar-refractivity contribution >= 4 is 34.8 Å². The number of hydrogen-bond acceptors (Lipinski definition) is 8. The highest BCUT2D eigenvalue weighted by Gasteiger charge is 2.24. The average Bonchev–Trinajstić information content (AvgIpc) is 2.87. The zero-order valence-corrected chi connectivity index (χ0v) is 20.0. The monoisotopic (exact) mass is 486 g/mol. The van der Waals surface area contributed by atoms with Gasteiger partial charge in [-0.15, -0.1) is 0 Å². The Morgan fingerprint density at radius 1 is 1.18 bits per heavy atom. The van der Waals surface area contributed by atoms with E-state index in [0.29, 0.717) is 42.8 Å². The second-order valence-electron chi connectivity index (χ2n) is 8.42. The molecule has 0 radical (unpaired) electrons. The third-order valence-corrected chi connectivity index (χ3v) is 6.45. The Labute approximate surface area is 205 Å². The van der Waals surface area contributed by atoms with Crippen molar-refractivity contribution in [2.24, 2.45) is 0 Å². The van der Waals surface area contributed by atoms with E-state index in [1.807, 2.05) is 12.1 Å². The molecule has 0 saturated carbocycles. The Morgan fingerprint density at radius 2 is 1.88 bits per heavy atom. The first kappa shape index (κ1) is 24.3. The number of halogens is 1. The Morgan fingerprint density at radius 3 is 2.53 bits per heavy atom. The second kappa shape index (κ2) is 11.5. The molecule has 2 aromatic rings. The summed E-state index contributed by atoms with van der Waals surface area (Å²) in [6, 6.07) is 8.16. The van der Waals surface area contributed by atoms with Crippen LogP contribution in [-0.4, -0.2) is 89.3 Å². The molecule has 2 fully saturated rings. The standard InChI is InChI=1S/C24H31ClN6O3/c1-2-22(33)31-9-7-20(8-10-31)34-23-21(25)17-26-24(28-23)27-18-3-5-19(6-4-18)30-13-11-29(12-14-30)15-16-32/h2-6,17,20,32H,1,7-16H2,(H,26,27,28). The van der Waals surface area contributed by atoms with Gasteiger partial charge in [0, 0.05) is 70.0 Å². The summed E-state index contributed by atoms with van der Waals surface area (Å²) >= 11 is 6.28. The van der Waals surface area contributed by atoms with Crippen LogP contribution < -0.4 is 15.0 Å². The predicted octanol–water partition coefficient (Wildman–Crippen LogP) is 2.54. The number of nitrogens with one attached hydrogen (secondary N) is 1. The van der Waals surface area contributed by atoms with Gasteiger partial charge in [-0.3, -0.25) is 9.69 Å². The lowest BCUT2D eigenvalue weighted by Gasteiger charge is -2.35. The van der Waals surface area contributed by atoms with Gasteiger partial charge in [0.1, 0.15) is 11.1 Å². The van der Waals surface area contributed by atoms with Crippen LogP contribution >= 0.6 is 11.6 Å². The van der Waals surface area contributed by atoms with Crippen molar-refractivity contribution in [1.82, 2.24) is 19.8 Å². The molecule has 1 amide bonds. The number of piperazine rings is 1. The van der Waals surface area contributed by atoms with E-state index in [4.69, 9.17) is 21.4 Å². The SMILES string of the molecule is C=CC(=O)N1CCC(Oc2nc(Nc3ccc(N4CCN(CCO)CC4)cc3)ncc2Cl)CC1. The largest absolute Gasteiger partial charge is 0.473 e. The van der Waals surface area contributed by atoms with Crippen LogP contribution in [0.1, 0.15) is 12.8 Å². The number of amides is 1. The van der Waals surface area contributed by atoms with E-state index in [2.05, 4.69) is 43.8 Å². The number of anilines is 3. The number of carbonyl (C=O) groups is 1. The summed E-state index contributed by atoms with van der Waals surface area (Å²) in [4.78, 5) is 26.9. The first-order valence-corrected chi connectivity index (χ1v) is 12.0. The molecule has 0 spiro atoms. The number of piperidine rings is 1. The first-order chi connectivity index (χ1) is 16.6. The van der Waals surface area contributed by atoms with Crippen LogP contribution in [0.2, 0.25) is 5.02 Å². The number of benzene rings is 1. The Bertz CT molecular complexity index is 973. The van der Waals surface area contributed by atoms with Gasteiger partial charge in [0.15, 0.2) is 0 Å². The summed E-state index contributed by atoms with van der Waals surface area (Å²) in [6.07, 6.45) is 4.22. The number of hydrogen-bond donors (Lipinski definition) is 2. The lowest BCUT2D eigenvalue weighted by atomic mass is 10.1. The van der Waals surface area contributed by atoms with Gasteiger partial charge in [0.25, 0.3) is 0 Å². The normalized spacial score (nSPS) is 17.5. The molecule has 182 valence electrons. The number of carbonyl (C=O) groups excluding carboxylic acids is 1. The van der Waals surface area contributed by atoms with E-state index in [1.54, 1.807) is 4.90 Å². The van der Waals surface area contributed by atoms with Crippen LogP contribution in [0.4, 0.5) is 17.3 Å². The molecule has 0 bridgehead atoms. The number of likely N-dealkylation sites (tertiary alicyclic amines) is 1. The van der Waals surface area contributed by atoms with Crippen molar-refractivity contribution in [3.63, 3.8) is 0 Å². The van der Waals surface area contributed by atoms with E-state index in [1.165, 1.54) is 12.3 Å². The molecule has 1 aromatic heterocycles. The topological polar surface area (TPSA) is 94.1 Å². The average molecular weight is 487 g/mol. The van der Waals surface area contributed by atoms with E-state index >= 15 is 0 Å². The number of nitrogens with zero attached hydrogens (tertiary/aromatic N) is 5. The Kier molecular flexibility index (Phi) is 8.21. The molecule has 3 heterocycles. The number of rotatable bonds is 8. The third-order valence-electron chi connectivity index (χ3n) is 6.20. The molecule has 2 aliphatic rings. The van der Waals surface area contributed by atoms with Crippen LogP contribution in [0.5, 0.6) is 5.88 Å². The number of aliphatic hydroxyl groups is 1. The number of aliphatic hydroxyl groups excluding tert-OH is 1. The van der Waals surface area contributed by atoms with Gasteiger partial charge in [-0.2, -0.15) is 4.98 Å². The summed E-state index contributed by atoms with van der Waals surface area (Å²) in [6.45, 7) is 9.49. The highest BCUT2D eigenvalue weighted by molar-refractivity contribution is 6.31. The van der Waals surface area contributed by atoms with Gasteiger partial charge in [-0.25, -0.2) is 4.98 Å². The molecule has 9 nitrogen and oxygen atoms in total. The van der Waals surface area contributed by atoms with Crippen molar-refractivity contribution < 1.29 is 14.6 Å². The molecule has 4 rings (SSSR count). The highest BCUT2D eigenvalue weighted by atomic mass is 35.5. The van der Waals surface area contributed by atoms with Crippen molar-refractivity contribution in [2.75, 3.05) is 62.6 Å². The Hall–Kier alpha value is -2.88. The minimum absolute atomic E-state index is 0.0556. The molecule has 1 aromatic carbocycles. The number of ether oxygens (including phenoxy) is 1. The van der Waals surface area contributed by atoms with Gasteiger partial charge in [0.05, 0.1) is 12.8 Å². The van der Waals surface area contributed by atoms with Crippen molar-refractivity contribution in [3.8, 4) is 5.88 Å². The van der Waals surface area contributed by atoms with Crippen LogP contribution in [0, 0.1) is 0 Å². The van der Waals surface area contributed by atoms with Crippen LogP contribution in [-0.2, 0) is 4.79 Å². The smallest absolute Gasteiger partial charge is 0.245 e. The van der Waals surface area contributed by atoms with Gasteiger partial charge >= 0.3 is 0 Å². The zero-order valence-electron chi connectivity index (χ0n) is 19.2. The maximum atomic E-state index is 11.8. The summed E-state index contributed by atoms with van der Waals surface area (Å²) in [5, 5.41) is 12.7. The van der Waals surface area contributed by atoms with Crippen molar-refractivity contribution in [3.05, 3.63) is 48.1 Å². The van der Waals surface area contributed by atoms with Gasteiger partial charge in [-0.1, -0.05) is 18.2 Å². The molecule has 0 atom stereocenters. The summed E-state index contributed by atoms with van der Waals surface area (Å²) in [7, 11) is 0. The van der Waals surface area contributed by atoms with Crippen molar-refractivity contribution in [1.29, 1.82) is 0 Å². The summed E-state index contributed by atoms with van der Waals surface area (Å²) < 4.78 is 6.04. The van der Waals surface area contributed by atoms with Gasteiger partial charge in [-0.05, 0) is 30.3 Å². The van der Waals surface area contributed by atoms with Crippen LogP contribution in [0.25, 0.3) is 0 Å². The summed E-state index contributed by atoms with van der Waals surface area (Å²) in [5.41, 5.74) is 2.03. The maximum Gasteiger partial charge on any atom is 0.245 e. The molecular weight excluding hydrogens is 456 g/mol. The molecular formula is C24H31ClN6O3. The number of aromatic nitrogens is 2. The van der Waals surface area contributed by atoms with Crippen LogP contribution in [0.3, 0.4) is 0 Å². The summed E-state index contributed by atoms with van der Waals surface area (Å²) in [5.74, 6) is 0.689. The molecule has 2 N–H and O–H groups in total. The van der Waals surface area contributed by atoms with Gasteiger partial charge in [0.2, 0.25) is 17.7 Å². The minimum Gasteiger partial charge on any atom is -0.473 e. The molecule has 0 aliphatic carbocycles. The van der Waals surface area contributed by atoms with Gasteiger partial charge < -0.3 is 25.0 Å². The minimum atomic E-state index is -0.0637. The van der Waals surface area contributed by atoms with E-state index in [9.17, 15) is 4.79 Å². The lowest BCUT2D eigenvalue weighted by molar-refractivity contribution is -0.127. The second-order valence-corrected chi connectivity index (χ2v) is 8.82. The molecule has 10 heteroatoms. The molecule has 2 aliphatic heterocycles. The maximum absolute atomic E-state index is 11.8.